The number of aromatic nitrogens is 1. The minimum absolute atomic E-state index is 0.290. The number of hydrogen-bond donors (Lipinski definition) is 3. The van der Waals surface area contributed by atoms with E-state index in [0.29, 0.717) is 26.9 Å². The predicted octanol–water partition coefficient (Wildman–Crippen LogP) is 6.53. The third kappa shape index (κ3) is 5.30. The molecule has 33 heavy (non-hydrogen) atoms. The van der Waals surface area contributed by atoms with Gasteiger partial charge in [0, 0.05) is 5.56 Å². The number of carbonyl (C=O) groups is 2. The summed E-state index contributed by atoms with van der Waals surface area (Å²) >= 11 is 7.46. The number of carbonyl (C=O) groups excluding carboxylic acids is 2. The smallest absolute Gasteiger partial charge is 0.321 e. The molecular formula is C24H20ClFN4O2S. The summed E-state index contributed by atoms with van der Waals surface area (Å²) in [5.41, 5.74) is 3.32. The molecule has 0 bridgehead atoms. The number of aryl methyl sites for hydroxylation is 1. The van der Waals surface area contributed by atoms with Gasteiger partial charge in [0.1, 0.15) is 5.82 Å². The van der Waals surface area contributed by atoms with Crippen LogP contribution in [0.5, 0.6) is 0 Å². The van der Waals surface area contributed by atoms with E-state index in [1.54, 1.807) is 43.3 Å². The fraction of sp³-hybridized carbons (Fsp3) is 0.125. The molecule has 0 saturated heterocycles. The van der Waals surface area contributed by atoms with E-state index in [4.69, 9.17) is 11.6 Å². The van der Waals surface area contributed by atoms with Crippen LogP contribution in [0.25, 0.3) is 10.2 Å². The highest BCUT2D eigenvalue weighted by Crippen LogP contribution is 2.29. The Labute approximate surface area is 198 Å². The number of urea groups is 1. The molecule has 9 heteroatoms. The summed E-state index contributed by atoms with van der Waals surface area (Å²) < 4.78 is 13.8. The van der Waals surface area contributed by atoms with Crippen LogP contribution in [0.15, 0.2) is 60.7 Å². The number of nitrogens with one attached hydrogen (secondary N) is 3. The van der Waals surface area contributed by atoms with Crippen molar-refractivity contribution < 1.29 is 14.0 Å². The molecule has 0 aliphatic heterocycles. The molecule has 1 unspecified atom stereocenters. The average Bonchev–Trinajstić information content (AvgIpc) is 3.17. The van der Waals surface area contributed by atoms with Crippen molar-refractivity contribution >= 4 is 55.9 Å². The maximum absolute atomic E-state index is 13.1. The number of halogens is 2. The van der Waals surface area contributed by atoms with Gasteiger partial charge in [-0.25, -0.2) is 14.2 Å². The molecule has 4 rings (SSSR count). The monoisotopic (exact) mass is 482 g/mol. The van der Waals surface area contributed by atoms with Gasteiger partial charge >= 0.3 is 6.03 Å². The Kier molecular flexibility index (Phi) is 6.57. The molecule has 4 aromatic rings. The number of anilines is 2. The fourth-order valence-corrected chi connectivity index (χ4v) is 4.43. The summed E-state index contributed by atoms with van der Waals surface area (Å²) in [6.45, 7) is 3.67. The zero-order valence-corrected chi connectivity index (χ0v) is 19.4. The van der Waals surface area contributed by atoms with E-state index in [9.17, 15) is 14.0 Å². The molecular weight excluding hydrogens is 463 g/mol. The first-order chi connectivity index (χ1) is 15.8. The lowest BCUT2D eigenvalue weighted by atomic mass is 10.1. The molecule has 1 atom stereocenters. The van der Waals surface area contributed by atoms with Gasteiger partial charge in [-0.15, -0.1) is 0 Å². The molecule has 0 fully saturated rings. The topological polar surface area (TPSA) is 83.1 Å². The zero-order chi connectivity index (χ0) is 23.5. The van der Waals surface area contributed by atoms with Gasteiger partial charge in [-0.05, 0) is 61.4 Å². The predicted molar refractivity (Wildman–Crippen MR) is 131 cm³/mol. The Morgan fingerprint density at radius 2 is 1.82 bits per heavy atom. The van der Waals surface area contributed by atoms with E-state index < -0.39 is 6.03 Å². The molecule has 0 aliphatic carbocycles. The van der Waals surface area contributed by atoms with Crippen LogP contribution in [0, 0.1) is 12.7 Å². The van der Waals surface area contributed by atoms with Crippen molar-refractivity contribution in [1.29, 1.82) is 0 Å². The van der Waals surface area contributed by atoms with Crippen molar-refractivity contribution in [1.82, 2.24) is 10.3 Å². The Hall–Kier alpha value is -3.49. The second kappa shape index (κ2) is 9.56. The molecule has 3 aromatic carbocycles. The van der Waals surface area contributed by atoms with Crippen molar-refractivity contribution in [3.05, 3.63) is 88.2 Å². The van der Waals surface area contributed by atoms with Gasteiger partial charge in [0.25, 0.3) is 5.91 Å². The summed E-state index contributed by atoms with van der Waals surface area (Å²) in [7, 11) is 0. The number of nitrogens with zero attached hydrogens (tertiary/aromatic N) is 1. The first-order valence-electron chi connectivity index (χ1n) is 10.1. The van der Waals surface area contributed by atoms with Gasteiger partial charge in [0.05, 0.1) is 27.0 Å². The van der Waals surface area contributed by atoms with Crippen molar-refractivity contribution in [2.24, 2.45) is 0 Å². The Balaban J connectivity index is 1.44. The quantitative estimate of drug-likeness (QED) is 0.302. The van der Waals surface area contributed by atoms with E-state index in [2.05, 4.69) is 20.9 Å². The highest BCUT2D eigenvalue weighted by Gasteiger charge is 2.15. The molecule has 0 spiro atoms. The highest BCUT2D eigenvalue weighted by atomic mass is 35.5. The Bertz CT molecular complexity index is 1320. The summed E-state index contributed by atoms with van der Waals surface area (Å²) in [6, 6.07) is 15.7. The number of benzene rings is 3. The Morgan fingerprint density at radius 3 is 2.55 bits per heavy atom. The molecule has 3 amide bonds. The molecule has 6 nitrogen and oxygen atoms in total. The van der Waals surface area contributed by atoms with Crippen molar-refractivity contribution in [3.63, 3.8) is 0 Å². The summed E-state index contributed by atoms with van der Waals surface area (Å²) in [5, 5.41) is 9.22. The maximum atomic E-state index is 13.1. The van der Waals surface area contributed by atoms with Crippen LogP contribution < -0.4 is 16.0 Å². The Morgan fingerprint density at radius 1 is 1.06 bits per heavy atom. The van der Waals surface area contributed by atoms with Gasteiger partial charge in [0.2, 0.25) is 0 Å². The van der Waals surface area contributed by atoms with Crippen molar-refractivity contribution in [2.45, 2.75) is 19.9 Å². The van der Waals surface area contributed by atoms with Crippen LogP contribution >= 0.6 is 22.9 Å². The molecule has 0 aliphatic rings. The van der Waals surface area contributed by atoms with Gasteiger partial charge in [0.15, 0.2) is 5.13 Å². The second-order valence-electron chi connectivity index (χ2n) is 7.46. The molecule has 3 N–H and O–H groups in total. The summed E-state index contributed by atoms with van der Waals surface area (Å²) in [6.07, 6.45) is 0. The fourth-order valence-electron chi connectivity index (χ4n) is 3.26. The number of rotatable bonds is 5. The number of para-hydroxylation sites is 1. The van der Waals surface area contributed by atoms with Crippen LogP contribution in [0.4, 0.5) is 20.0 Å². The first kappa shape index (κ1) is 22.7. The highest BCUT2D eigenvalue weighted by molar-refractivity contribution is 7.22. The zero-order valence-electron chi connectivity index (χ0n) is 17.8. The minimum atomic E-state index is -0.432. The standard InChI is InChI=1S/C24H20ClFN4O2S/c1-13-4-3-5-18(25)21(13)29-22(31)16-8-11-19-20(12-16)33-24(28-19)30-23(32)27-14(2)15-6-9-17(26)10-7-15/h3-12,14H,1-2H3,(H,29,31)(H2,27,28,30,32). The van der Waals surface area contributed by atoms with Gasteiger partial charge in [-0.3, -0.25) is 10.1 Å². The third-order valence-corrected chi connectivity index (χ3v) is 6.30. The van der Waals surface area contributed by atoms with Crippen molar-refractivity contribution in [2.75, 3.05) is 10.6 Å². The van der Waals surface area contributed by atoms with Crippen LogP contribution in [-0.4, -0.2) is 16.9 Å². The van der Waals surface area contributed by atoms with E-state index >= 15 is 0 Å². The molecule has 1 aromatic heterocycles. The maximum Gasteiger partial charge on any atom is 0.321 e. The number of thiazole rings is 1. The minimum Gasteiger partial charge on any atom is -0.331 e. The van der Waals surface area contributed by atoms with E-state index in [1.165, 1.54) is 23.5 Å². The van der Waals surface area contributed by atoms with Gasteiger partial charge in [-0.2, -0.15) is 0 Å². The lowest BCUT2D eigenvalue weighted by Gasteiger charge is -2.14. The van der Waals surface area contributed by atoms with Crippen LogP contribution in [0.1, 0.15) is 34.5 Å². The number of fused-ring (bicyclic) bond motifs is 1. The van der Waals surface area contributed by atoms with Crippen LogP contribution in [0.3, 0.4) is 0 Å². The van der Waals surface area contributed by atoms with E-state index in [1.807, 2.05) is 19.1 Å². The lowest BCUT2D eigenvalue weighted by molar-refractivity contribution is 0.102. The second-order valence-corrected chi connectivity index (χ2v) is 8.90. The van der Waals surface area contributed by atoms with Gasteiger partial charge in [-0.1, -0.05) is 47.2 Å². The molecule has 168 valence electrons. The normalized spacial score (nSPS) is 11.8. The summed E-state index contributed by atoms with van der Waals surface area (Å²) in [5.74, 6) is -0.623. The van der Waals surface area contributed by atoms with Crippen LogP contribution in [-0.2, 0) is 0 Å². The summed E-state index contributed by atoms with van der Waals surface area (Å²) in [4.78, 5) is 29.5. The molecule has 1 heterocycles. The van der Waals surface area contributed by atoms with E-state index in [-0.39, 0.29) is 17.8 Å². The third-order valence-electron chi connectivity index (χ3n) is 5.05. The van der Waals surface area contributed by atoms with Gasteiger partial charge < -0.3 is 10.6 Å². The molecule has 0 radical (unpaired) electrons. The van der Waals surface area contributed by atoms with Crippen LogP contribution in [0.2, 0.25) is 5.02 Å². The van der Waals surface area contributed by atoms with E-state index in [0.717, 1.165) is 15.8 Å². The van der Waals surface area contributed by atoms with Crippen molar-refractivity contribution in [3.8, 4) is 0 Å². The first-order valence-corrected chi connectivity index (χ1v) is 11.3. The largest absolute Gasteiger partial charge is 0.331 e. The number of amides is 3. The average molecular weight is 483 g/mol. The SMILES string of the molecule is Cc1cccc(Cl)c1NC(=O)c1ccc2nc(NC(=O)NC(C)c3ccc(F)cc3)sc2c1. The number of hydrogen-bond acceptors (Lipinski definition) is 4. The molecule has 0 saturated carbocycles. The lowest BCUT2D eigenvalue weighted by Crippen LogP contribution is -2.31.